The fourth-order valence-electron chi connectivity index (χ4n) is 3.38. The van der Waals surface area contributed by atoms with Crippen LogP contribution < -0.4 is 14.4 Å². The van der Waals surface area contributed by atoms with Crippen molar-refractivity contribution in [2.45, 2.75) is 11.8 Å². The van der Waals surface area contributed by atoms with Crippen LogP contribution in [0, 0.1) is 0 Å². The van der Waals surface area contributed by atoms with Crippen molar-refractivity contribution in [3.63, 3.8) is 0 Å². The summed E-state index contributed by atoms with van der Waals surface area (Å²) in [5.41, 5.74) is 2.35. The zero-order chi connectivity index (χ0) is 24.5. The molecule has 34 heavy (non-hydrogen) atoms. The van der Waals surface area contributed by atoms with E-state index in [9.17, 15) is 18.0 Å². The molecule has 1 N–H and O–H groups in total. The molecule has 0 saturated heterocycles. The van der Waals surface area contributed by atoms with Crippen LogP contribution in [0.1, 0.15) is 17.3 Å². The van der Waals surface area contributed by atoms with E-state index in [-0.39, 0.29) is 16.4 Å². The van der Waals surface area contributed by atoms with Gasteiger partial charge in [0.05, 0.1) is 20.8 Å². The Morgan fingerprint density at radius 2 is 1.68 bits per heavy atom. The molecule has 4 aromatic rings. The van der Waals surface area contributed by atoms with Crippen molar-refractivity contribution in [2.24, 2.45) is 12.0 Å². The summed E-state index contributed by atoms with van der Waals surface area (Å²) in [6.45, 7) is 1.44. The Kier molecular flexibility index (Phi) is 6.36. The fraction of sp³-hybridized carbons (Fsp3) is 0.125. The largest absolute Gasteiger partial charge is 0.326 e. The van der Waals surface area contributed by atoms with Crippen LogP contribution in [0.3, 0.4) is 0 Å². The van der Waals surface area contributed by atoms with E-state index in [0.29, 0.717) is 16.2 Å². The van der Waals surface area contributed by atoms with Crippen molar-refractivity contribution in [3.05, 3.63) is 83.2 Å². The average molecular weight is 495 g/mol. The lowest BCUT2D eigenvalue weighted by molar-refractivity contribution is -0.114. The summed E-state index contributed by atoms with van der Waals surface area (Å²) in [6.07, 6.45) is 0. The smallest absolute Gasteiger partial charge is 0.279 e. The molecule has 10 heteroatoms. The molecule has 0 unspecified atom stereocenters. The fourth-order valence-corrected chi connectivity index (χ4v) is 5.63. The van der Waals surface area contributed by atoms with Crippen LogP contribution in [0.2, 0.25) is 0 Å². The number of fused-ring (bicyclic) bond motifs is 1. The Bertz CT molecular complexity index is 1550. The molecule has 174 valence electrons. The molecule has 0 aliphatic carbocycles. The van der Waals surface area contributed by atoms with Crippen LogP contribution in [0.15, 0.2) is 82.7 Å². The summed E-state index contributed by atoms with van der Waals surface area (Å²) in [5.74, 6) is -0.648. The van der Waals surface area contributed by atoms with Crippen molar-refractivity contribution < 1.29 is 18.0 Å². The van der Waals surface area contributed by atoms with E-state index in [1.54, 1.807) is 41.9 Å². The molecule has 0 bridgehead atoms. The van der Waals surface area contributed by atoms with E-state index in [1.165, 1.54) is 53.9 Å². The molecule has 4 rings (SSSR count). The third kappa shape index (κ3) is 4.63. The molecular formula is C24H22N4O4S2. The Balaban J connectivity index is 1.61. The van der Waals surface area contributed by atoms with Gasteiger partial charge in [0, 0.05) is 32.3 Å². The first-order valence-corrected chi connectivity index (χ1v) is 12.5. The highest BCUT2D eigenvalue weighted by molar-refractivity contribution is 7.92. The monoisotopic (exact) mass is 494 g/mol. The SMILES string of the molecule is CC(=O)Nc1ccc2c(c1)sc(=NC(=O)c1ccc(S(=O)(=O)N(C)c3ccccc3)cc1)n2C. The maximum Gasteiger partial charge on any atom is 0.279 e. The molecule has 0 fully saturated rings. The number of benzene rings is 3. The third-order valence-electron chi connectivity index (χ3n) is 5.21. The quantitative estimate of drug-likeness (QED) is 0.456. The topological polar surface area (TPSA) is 101 Å². The van der Waals surface area contributed by atoms with Crippen LogP contribution in [0.4, 0.5) is 11.4 Å². The van der Waals surface area contributed by atoms with Crippen LogP contribution in [0.5, 0.6) is 0 Å². The molecule has 3 aromatic carbocycles. The maximum absolute atomic E-state index is 12.9. The Labute approximate surface area is 200 Å². The summed E-state index contributed by atoms with van der Waals surface area (Å²) >= 11 is 1.32. The summed E-state index contributed by atoms with van der Waals surface area (Å²) < 4.78 is 29.7. The molecular weight excluding hydrogens is 472 g/mol. The van der Waals surface area contributed by atoms with Crippen molar-refractivity contribution >= 4 is 54.8 Å². The van der Waals surface area contributed by atoms with Crippen molar-refractivity contribution in [1.82, 2.24) is 4.57 Å². The second-order valence-electron chi connectivity index (χ2n) is 7.56. The van der Waals surface area contributed by atoms with Crippen molar-refractivity contribution in [3.8, 4) is 0 Å². The number of thiazole rings is 1. The normalized spacial score (nSPS) is 12.0. The lowest BCUT2D eigenvalue weighted by Crippen LogP contribution is -2.26. The number of nitrogens with one attached hydrogen (secondary N) is 1. The number of amides is 2. The number of sulfonamides is 1. The minimum Gasteiger partial charge on any atom is -0.326 e. The van der Waals surface area contributed by atoms with Crippen molar-refractivity contribution in [2.75, 3.05) is 16.7 Å². The highest BCUT2D eigenvalue weighted by Gasteiger charge is 2.21. The highest BCUT2D eigenvalue weighted by Crippen LogP contribution is 2.23. The number of carbonyl (C=O) groups excluding carboxylic acids is 2. The first-order chi connectivity index (χ1) is 16.2. The number of hydrogen-bond donors (Lipinski definition) is 1. The minimum absolute atomic E-state index is 0.0771. The molecule has 0 atom stereocenters. The Hall–Kier alpha value is -3.76. The lowest BCUT2D eigenvalue weighted by atomic mass is 10.2. The molecule has 0 spiro atoms. The highest BCUT2D eigenvalue weighted by atomic mass is 32.2. The van der Waals surface area contributed by atoms with Gasteiger partial charge in [-0.1, -0.05) is 29.5 Å². The zero-order valence-electron chi connectivity index (χ0n) is 18.7. The van der Waals surface area contributed by atoms with Gasteiger partial charge in [0.25, 0.3) is 15.9 Å². The number of aromatic nitrogens is 1. The van der Waals surface area contributed by atoms with Crippen LogP contribution >= 0.6 is 11.3 Å². The first-order valence-electron chi connectivity index (χ1n) is 10.3. The summed E-state index contributed by atoms with van der Waals surface area (Å²) in [6, 6.07) is 19.9. The summed E-state index contributed by atoms with van der Waals surface area (Å²) in [7, 11) is -0.483. The van der Waals surface area contributed by atoms with Crippen molar-refractivity contribution in [1.29, 1.82) is 0 Å². The van der Waals surface area contributed by atoms with Gasteiger partial charge >= 0.3 is 0 Å². The molecule has 1 heterocycles. The first kappa shape index (κ1) is 23.4. The molecule has 2 amide bonds. The number of nitrogens with zero attached hydrogens (tertiary/aromatic N) is 3. The predicted octanol–water partition coefficient (Wildman–Crippen LogP) is 3.76. The second-order valence-corrected chi connectivity index (χ2v) is 10.5. The molecule has 0 radical (unpaired) electrons. The van der Waals surface area contributed by atoms with Gasteiger partial charge in [0.2, 0.25) is 5.91 Å². The van der Waals surface area contributed by atoms with Gasteiger partial charge in [-0.2, -0.15) is 4.99 Å². The molecule has 0 aliphatic heterocycles. The lowest BCUT2D eigenvalue weighted by Gasteiger charge is -2.19. The van der Waals surface area contributed by atoms with Gasteiger partial charge in [-0.15, -0.1) is 0 Å². The van der Waals surface area contributed by atoms with Crippen LogP contribution in [-0.4, -0.2) is 31.8 Å². The number of carbonyl (C=O) groups is 2. The van der Waals surface area contributed by atoms with E-state index >= 15 is 0 Å². The number of para-hydroxylation sites is 1. The molecule has 1 aromatic heterocycles. The average Bonchev–Trinajstić information content (AvgIpc) is 3.13. The second kappa shape index (κ2) is 9.24. The molecule has 0 aliphatic rings. The molecule has 8 nitrogen and oxygen atoms in total. The van der Waals surface area contributed by atoms with Crippen LogP contribution in [0.25, 0.3) is 10.2 Å². The van der Waals surface area contributed by atoms with Gasteiger partial charge < -0.3 is 9.88 Å². The maximum atomic E-state index is 12.9. The van der Waals surface area contributed by atoms with Crippen LogP contribution in [-0.2, 0) is 21.9 Å². The minimum atomic E-state index is -3.77. The van der Waals surface area contributed by atoms with E-state index in [2.05, 4.69) is 10.3 Å². The van der Waals surface area contributed by atoms with Gasteiger partial charge in [0.15, 0.2) is 4.80 Å². The molecule has 0 saturated carbocycles. The number of rotatable bonds is 5. The Morgan fingerprint density at radius 1 is 1.00 bits per heavy atom. The zero-order valence-corrected chi connectivity index (χ0v) is 20.4. The van der Waals surface area contributed by atoms with Gasteiger partial charge in [-0.25, -0.2) is 8.42 Å². The van der Waals surface area contributed by atoms with E-state index in [4.69, 9.17) is 0 Å². The van der Waals surface area contributed by atoms with Gasteiger partial charge in [0.1, 0.15) is 0 Å². The summed E-state index contributed by atoms with van der Waals surface area (Å²) in [5, 5.41) is 2.74. The summed E-state index contributed by atoms with van der Waals surface area (Å²) in [4.78, 5) is 28.9. The van der Waals surface area contributed by atoms with Gasteiger partial charge in [-0.05, 0) is 54.6 Å². The van der Waals surface area contributed by atoms with E-state index in [0.717, 1.165) is 10.2 Å². The number of hydrogen-bond acceptors (Lipinski definition) is 5. The van der Waals surface area contributed by atoms with E-state index in [1.807, 2.05) is 18.2 Å². The van der Waals surface area contributed by atoms with Gasteiger partial charge in [-0.3, -0.25) is 13.9 Å². The number of aryl methyl sites for hydroxylation is 1. The number of anilines is 2. The third-order valence-corrected chi connectivity index (χ3v) is 8.10. The van der Waals surface area contributed by atoms with E-state index < -0.39 is 15.9 Å². The predicted molar refractivity (Wildman–Crippen MR) is 133 cm³/mol. The Morgan fingerprint density at radius 3 is 2.32 bits per heavy atom. The standard InChI is InChI=1S/C24H22N4O4S2/c1-16(29)25-18-11-14-21-22(15-18)33-24(27(21)2)26-23(30)17-9-12-20(13-10-17)34(31,32)28(3)19-7-5-4-6-8-19/h4-15H,1-3H3,(H,25,29).